The van der Waals surface area contributed by atoms with Crippen LogP contribution in [0.25, 0.3) is 0 Å². The van der Waals surface area contributed by atoms with Gasteiger partial charge >= 0.3 is 5.97 Å². The minimum Gasteiger partial charge on any atom is -0.457 e. The van der Waals surface area contributed by atoms with Crippen molar-refractivity contribution < 1.29 is 17.9 Å². The van der Waals surface area contributed by atoms with Crippen LogP contribution in [0.1, 0.15) is 27.0 Å². The van der Waals surface area contributed by atoms with E-state index in [-0.39, 0.29) is 11.5 Å². The highest BCUT2D eigenvalue weighted by Gasteiger charge is 2.21. The lowest BCUT2D eigenvalue weighted by Gasteiger charge is -2.20. The number of hydrogen-bond donors (Lipinski definition) is 0. The lowest BCUT2D eigenvalue weighted by Crippen LogP contribution is -2.26. The number of anilines is 1. The van der Waals surface area contributed by atoms with Crippen LogP contribution in [0.2, 0.25) is 0 Å². The first kappa shape index (κ1) is 20.6. The summed E-state index contributed by atoms with van der Waals surface area (Å²) >= 11 is 0. The van der Waals surface area contributed by atoms with Crippen LogP contribution < -0.4 is 4.31 Å². The third-order valence-electron chi connectivity index (χ3n) is 4.77. The van der Waals surface area contributed by atoms with Gasteiger partial charge in [-0.25, -0.2) is 13.2 Å². The Morgan fingerprint density at radius 3 is 2.14 bits per heavy atom. The van der Waals surface area contributed by atoms with Crippen molar-refractivity contribution in [3.05, 3.63) is 95.1 Å². The summed E-state index contributed by atoms with van der Waals surface area (Å²) in [5.41, 5.74) is 3.81. The molecule has 0 radical (unpaired) electrons. The number of benzene rings is 3. The molecule has 0 aromatic heterocycles. The predicted octanol–water partition coefficient (Wildman–Crippen LogP) is 4.49. The Balaban J connectivity index is 1.71. The van der Waals surface area contributed by atoms with E-state index in [1.54, 1.807) is 48.5 Å². The van der Waals surface area contributed by atoms with Crippen molar-refractivity contribution in [2.45, 2.75) is 25.3 Å². The Morgan fingerprint density at radius 2 is 1.52 bits per heavy atom. The van der Waals surface area contributed by atoms with Crippen LogP contribution in [-0.2, 0) is 21.4 Å². The summed E-state index contributed by atoms with van der Waals surface area (Å²) in [4.78, 5) is 12.5. The molecule has 0 saturated carbocycles. The topological polar surface area (TPSA) is 63.7 Å². The van der Waals surface area contributed by atoms with E-state index in [9.17, 15) is 13.2 Å². The summed E-state index contributed by atoms with van der Waals surface area (Å²) in [6.45, 7) is 4.05. The first-order chi connectivity index (χ1) is 13.8. The van der Waals surface area contributed by atoms with Gasteiger partial charge in [0.2, 0.25) is 0 Å². The zero-order chi connectivity index (χ0) is 21.0. The van der Waals surface area contributed by atoms with Gasteiger partial charge in [0.1, 0.15) is 6.61 Å². The second-order valence-electron chi connectivity index (χ2n) is 6.84. The monoisotopic (exact) mass is 409 g/mol. The van der Waals surface area contributed by atoms with Gasteiger partial charge in [-0.3, -0.25) is 4.31 Å². The summed E-state index contributed by atoms with van der Waals surface area (Å²) in [6, 6.07) is 20.7. The molecule has 3 aromatic rings. The van der Waals surface area contributed by atoms with E-state index in [2.05, 4.69) is 0 Å². The fourth-order valence-corrected chi connectivity index (χ4v) is 4.01. The largest absolute Gasteiger partial charge is 0.457 e. The van der Waals surface area contributed by atoms with Gasteiger partial charge in [0.25, 0.3) is 10.0 Å². The highest BCUT2D eigenvalue weighted by molar-refractivity contribution is 7.92. The molecule has 0 aliphatic carbocycles. The lowest BCUT2D eigenvalue weighted by atomic mass is 10.1. The third kappa shape index (κ3) is 4.66. The summed E-state index contributed by atoms with van der Waals surface area (Å²) in [5, 5.41) is 0. The van der Waals surface area contributed by atoms with Crippen LogP contribution in [0.5, 0.6) is 0 Å². The smallest absolute Gasteiger partial charge is 0.338 e. The molecular weight excluding hydrogens is 386 g/mol. The zero-order valence-electron chi connectivity index (χ0n) is 16.6. The molecule has 3 rings (SSSR count). The van der Waals surface area contributed by atoms with E-state index in [1.807, 2.05) is 38.1 Å². The Morgan fingerprint density at radius 1 is 0.897 bits per heavy atom. The molecule has 29 heavy (non-hydrogen) atoms. The lowest BCUT2D eigenvalue weighted by molar-refractivity contribution is 0.0472. The van der Waals surface area contributed by atoms with Crippen LogP contribution in [0, 0.1) is 13.8 Å². The fourth-order valence-electron chi connectivity index (χ4n) is 2.81. The second kappa shape index (κ2) is 8.49. The number of nitrogens with zero attached hydrogens (tertiary/aromatic N) is 1. The molecule has 150 valence electrons. The minimum absolute atomic E-state index is 0.189. The molecule has 0 atom stereocenters. The molecule has 5 nitrogen and oxygen atoms in total. The number of hydrogen-bond acceptors (Lipinski definition) is 4. The van der Waals surface area contributed by atoms with Crippen LogP contribution in [0.4, 0.5) is 5.69 Å². The molecule has 0 heterocycles. The Bertz CT molecular complexity index is 1100. The van der Waals surface area contributed by atoms with Gasteiger partial charge in [0.15, 0.2) is 0 Å². The number of carbonyl (C=O) groups excluding carboxylic acids is 1. The molecule has 0 bridgehead atoms. The molecule has 0 N–H and O–H groups in total. The molecule has 0 spiro atoms. The van der Waals surface area contributed by atoms with Crippen molar-refractivity contribution in [2.75, 3.05) is 11.4 Å². The Kier molecular flexibility index (Phi) is 6.03. The number of carbonyl (C=O) groups is 1. The highest BCUT2D eigenvalue weighted by Crippen LogP contribution is 2.23. The average molecular weight is 410 g/mol. The van der Waals surface area contributed by atoms with Crippen molar-refractivity contribution in [3.8, 4) is 0 Å². The first-order valence-electron chi connectivity index (χ1n) is 9.16. The number of ether oxygens (including phenoxy) is 1. The fraction of sp³-hybridized carbons (Fsp3) is 0.174. The van der Waals surface area contributed by atoms with E-state index >= 15 is 0 Å². The van der Waals surface area contributed by atoms with Gasteiger partial charge in [-0.2, -0.15) is 0 Å². The Hall–Kier alpha value is -3.12. The molecule has 0 amide bonds. The van der Waals surface area contributed by atoms with Crippen molar-refractivity contribution in [2.24, 2.45) is 0 Å². The van der Waals surface area contributed by atoms with Crippen molar-refractivity contribution in [3.63, 3.8) is 0 Å². The maximum absolute atomic E-state index is 12.8. The highest BCUT2D eigenvalue weighted by atomic mass is 32.2. The molecule has 6 heteroatoms. The van der Waals surface area contributed by atoms with Gasteiger partial charge in [-0.1, -0.05) is 42.0 Å². The minimum atomic E-state index is -3.68. The second-order valence-corrected chi connectivity index (χ2v) is 8.80. The summed E-state index contributed by atoms with van der Waals surface area (Å²) in [5.74, 6) is -0.455. The van der Waals surface area contributed by atoms with E-state index in [0.29, 0.717) is 11.3 Å². The summed E-state index contributed by atoms with van der Waals surface area (Å²) in [6.07, 6.45) is 0. The van der Waals surface area contributed by atoms with E-state index in [1.165, 1.54) is 11.4 Å². The first-order valence-corrected chi connectivity index (χ1v) is 10.6. The standard InChI is InChI=1S/C23H23NO4S/c1-17-8-14-22(15-9-17)29(26,27)24(3)21-12-10-19(11-13-21)23(25)28-16-20-7-5-4-6-18(20)2/h4-15H,16H2,1-3H3. The molecule has 0 saturated heterocycles. The molecule has 0 aliphatic heterocycles. The quantitative estimate of drug-likeness (QED) is 0.563. The maximum atomic E-state index is 12.8. The van der Waals surface area contributed by atoms with Gasteiger partial charge in [0, 0.05) is 7.05 Å². The molecule has 0 unspecified atom stereocenters. The third-order valence-corrected chi connectivity index (χ3v) is 6.57. The number of sulfonamides is 1. The maximum Gasteiger partial charge on any atom is 0.338 e. The van der Waals surface area contributed by atoms with E-state index in [4.69, 9.17) is 4.74 Å². The van der Waals surface area contributed by atoms with E-state index in [0.717, 1.165) is 16.7 Å². The number of rotatable bonds is 6. The van der Waals surface area contributed by atoms with Gasteiger partial charge < -0.3 is 4.74 Å². The number of aryl methyl sites for hydroxylation is 2. The summed E-state index contributed by atoms with van der Waals surface area (Å²) in [7, 11) is -2.19. The average Bonchev–Trinajstić information content (AvgIpc) is 2.73. The van der Waals surface area contributed by atoms with Gasteiger partial charge in [-0.15, -0.1) is 0 Å². The van der Waals surface area contributed by atoms with Crippen molar-refractivity contribution in [1.29, 1.82) is 0 Å². The SMILES string of the molecule is Cc1ccc(S(=O)(=O)N(C)c2ccc(C(=O)OCc3ccccc3C)cc2)cc1. The molecular formula is C23H23NO4S. The van der Waals surface area contributed by atoms with E-state index < -0.39 is 16.0 Å². The normalized spacial score (nSPS) is 11.1. The molecule has 0 fully saturated rings. The van der Waals surface area contributed by atoms with Gasteiger partial charge in [0.05, 0.1) is 16.1 Å². The zero-order valence-corrected chi connectivity index (χ0v) is 17.4. The predicted molar refractivity (Wildman–Crippen MR) is 114 cm³/mol. The van der Waals surface area contributed by atoms with Crippen molar-refractivity contribution in [1.82, 2.24) is 0 Å². The molecule has 0 aliphatic rings. The molecule has 3 aromatic carbocycles. The number of esters is 1. The van der Waals surface area contributed by atoms with Crippen LogP contribution in [-0.4, -0.2) is 21.4 Å². The van der Waals surface area contributed by atoms with Crippen molar-refractivity contribution >= 4 is 21.7 Å². The van der Waals surface area contributed by atoms with Crippen LogP contribution >= 0.6 is 0 Å². The summed E-state index contributed by atoms with van der Waals surface area (Å²) < 4.78 is 32.1. The Labute approximate surface area is 171 Å². The van der Waals surface area contributed by atoms with Crippen LogP contribution in [0.15, 0.2) is 77.7 Å². The van der Waals surface area contributed by atoms with Crippen LogP contribution in [0.3, 0.4) is 0 Å². The van der Waals surface area contributed by atoms with Gasteiger partial charge in [-0.05, 0) is 61.4 Å².